The minimum absolute atomic E-state index is 0.264. The fraction of sp³-hybridized carbons (Fsp3) is 0.0500. The predicted molar refractivity (Wildman–Crippen MR) is 93.0 cm³/mol. The first-order chi connectivity index (χ1) is 11.7. The second-order valence-electron chi connectivity index (χ2n) is 5.61. The zero-order valence-corrected chi connectivity index (χ0v) is 13.1. The Kier molecular flexibility index (Phi) is 3.43. The Hall–Kier alpha value is -3.27. The predicted octanol–water partition coefficient (Wildman–Crippen LogP) is 5.25. The lowest BCUT2D eigenvalue weighted by Crippen LogP contribution is -2.11. The fourth-order valence-electron chi connectivity index (χ4n) is 2.68. The molecule has 0 saturated heterocycles. The highest BCUT2D eigenvalue weighted by Crippen LogP contribution is 2.26. The van der Waals surface area contributed by atoms with Crippen molar-refractivity contribution in [2.24, 2.45) is 0 Å². The maximum absolute atomic E-state index is 12.4. The summed E-state index contributed by atoms with van der Waals surface area (Å²) in [5, 5.41) is 3.81. The molecule has 2 aromatic heterocycles. The van der Waals surface area contributed by atoms with Crippen LogP contribution < -0.4 is 5.32 Å². The van der Waals surface area contributed by atoms with E-state index in [1.54, 1.807) is 12.3 Å². The summed E-state index contributed by atoms with van der Waals surface area (Å²) in [5.41, 5.74) is 3.37. The molecule has 0 aliphatic heterocycles. The first-order valence-electron chi connectivity index (χ1n) is 7.65. The summed E-state index contributed by atoms with van der Waals surface area (Å²) in [4.78, 5) is 12.4. The number of fused-ring (bicyclic) bond motifs is 1. The van der Waals surface area contributed by atoms with Crippen molar-refractivity contribution in [2.45, 2.75) is 6.92 Å². The van der Waals surface area contributed by atoms with Crippen LogP contribution in [0.15, 0.2) is 75.8 Å². The highest BCUT2D eigenvalue weighted by atomic mass is 16.3. The SMILES string of the molecule is Cc1cc(-c2ccco2)ccc1NC(=O)c1cc2ccccc2o1. The van der Waals surface area contributed by atoms with Crippen molar-refractivity contribution in [1.82, 2.24) is 0 Å². The molecule has 0 unspecified atom stereocenters. The van der Waals surface area contributed by atoms with Crippen LogP contribution in [-0.2, 0) is 0 Å². The van der Waals surface area contributed by atoms with E-state index >= 15 is 0 Å². The molecule has 4 heteroatoms. The summed E-state index contributed by atoms with van der Waals surface area (Å²) in [6.45, 7) is 1.95. The molecule has 0 radical (unpaired) electrons. The topological polar surface area (TPSA) is 55.4 Å². The fourth-order valence-corrected chi connectivity index (χ4v) is 2.68. The average molecular weight is 317 g/mol. The maximum Gasteiger partial charge on any atom is 0.291 e. The molecule has 0 bridgehead atoms. The van der Waals surface area contributed by atoms with Crippen molar-refractivity contribution >= 4 is 22.6 Å². The van der Waals surface area contributed by atoms with Crippen LogP contribution in [0.4, 0.5) is 5.69 Å². The van der Waals surface area contributed by atoms with Gasteiger partial charge in [-0.2, -0.15) is 0 Å². The van der Waals surface area contributed by atoms with E-state index in [9.17, 15) is 4.79 Å². The Morgan fingerprint density at radius 3 is 2.62 bits per heavy atom. The molecule has 118 valence electrons. The van der Waals surface area contributed by atoms with Gasteiger partial charge in [-0.25, -0.2) is 0 Å². The number of furan rings is 2. The molecule has 2 heterocycles. The molecule has 1 N–H and O–H groups in total. The normalized spacial score (nSPS) is 10.9. The standard InChI is InChI=1S/C20H15NO3/c1-13-11-15(17-7-4-10-23-17)8-9-16(13)21-20(22)19-12-14-5-2-3-6-18(14)24-19/h2-12H,1H3,(H,21,22). The van der Waals surface area contributed by atoms with Crippen LogP contribution in [0, 0.1) is 6.92 Å². The van der Waals surface area contributed by atoms with Gasteiger partial charge in [0, 0.05) is 16.6 Å². The smallest absolute Gasteiger partial charge is 0.291 e. The third-order valence-electron chi connectivity index (χ3n) is 3.93. The molecule has 0 atom stereocenters. The van der Waals surface area contributed by atoms with Crippen molar-refractivity contribution in [3.8, 4) is 11.3 Å². The van der Waals surface area contributed by atoms with Crippen LogP contribution in [0.1, 0.15) is 16.1 Å². The molecule has 2 aromatic carbocycles. The number of benzene rings is 2. The van der Waals surface area contributed by atoms with Crippen LogP contribution in [0.2, 0.25) is 0 Å². The zero-order valence-electron chi connectivity index (χ0n) is 13.1. The number of anilines is 1. The third kappa shape index (κ3) is 2.58. The van der Waals surface area contributed by atoms with Crippen molar-refractivity contribution < 1.29 is 13.6 Å². The van der Waals surface area contributed by atoms with Gasteiger partial charge in [0.05, 0.1) is 6.26 Å². The highest BCUT2D eigenvalue weighted by Gasteiger charge is 2.13. The van der Waals surface area contributed by atoms with Crippen molar-refractivity contribution in [2.75, 3.05) is 5.32 Å². The molecule has 4 aromatic rings. The van der Waals surface area contributed by atoms with Crippen molar-refractivity contribution in [3.63, 3.8) is 0 Å². The Morgan fingerprint density at radius 2 is 1.88 bits per heavy atom. The Bertz CT molecular complexity index is 979. The number of rotatable bonds is 3. The lowest BCUT2D eigenvalue weighted by Gasteiger charge is -2.08. The van der Waals surface area contributed by atoms with Gasteiger partial charge in [0.15, 0.2) is 5.76 Å². The molecule has 4 rings (SSSR count). The molecule has 0 spiro atoms. The first-order valence-corrected chi connectivity index (χ1v) is 7.65. The number of nitrogens with one attached hydrogen (secondary N) is 1. The summed E-state index contributed by atoms with van der Waals surface area (Å²) in [7, 11) is 0. The van der Waals surface area contributed by atoms with Gasteiger partial charge in [0.2, 0.25) is 0 Å². The lowest BCUT2D eigenvalue weighted by atomic mass is 10.1. The van der Waals surface area contributed by atoms with Crippen LogP contribution in [-0.4, -0.2) is 5.91 Å². The quantitative estimate of drug-likeness (QED) is 0.561. The number of aryl methyl sites for hydroxylation is 1. The summed E-state index contributed by atoms with van der Waals surface area (Å²) in [5.74, 6) is 0.832. The van der Waals surface area contributed by atoms with E-state index in [0.29, 0.717) is 11.3 Å². The largest absolute Gasteiger partial charge is 0.464 e. The summed E-state index contributed by atoms with van der Waals surface area (Å²) >= 11 is 0. The zero-order chi connectivity index (χ0) is 16.5. The molecule has 4 nitrogen and oxygen atoms in total. The summed E-state index contributed by atoms with van der Waals surface area (Å²) < 4.78 is 11.0. The molecule has 24 heavy (non-hydrogen) atoms. The van der Waals surface area contributed by atoms with Gasteiger partial charge >= 0.3 is 0 Å². The van der Waals surface area contributed by atoms with E-state index < -0.39 is 0 Å². The van der Waals surface area contributed by atoms with Gasteiger partial charge < -0.3 is 14.2 Å². The number of carbonyl (C=O) groups is 1. The van der Waals surface area contributed by atoms with Crippen LogP contribution >= 0.6 is 0 Å². The number of hydrogen-bond acceptors (Lipinski definition) is 3. The van der Waals surface area contributed by atoms with Gasteiger partial charge in [0.25, 0.3) is 5.91 Å². The van der Waals surface area contributed by atoms with Crippen LogP contribution in [0.25, 0.3) is 22.3 Å². The first kappa shape index (κ1) is 14.3. The minimum Gasteiger partial charge on any atom is -0.464 e. The van der Waals surface area contributed by atoms with Gasteiger partial charge in [-0.15, -0.1) is 0 Å². The number of amides is 1. The second-order valence-corrected chi connectivity index (χ2v) is 5.61. The molecular formula is C20H15NO3. The van der Waals surface area contributed by atoms with Crippen LogP contribution in [0.5, 0.6) is 0 Å². The van der Waals surface area contributed by atoms with E-state index in [1.807, 2.05) is 61.5 Å². The Balaban J connectivity index is 1.59. The van der Waals surface area contributed by atoms with Crippen LogP contribution in [0.3, 0.4) is 0 Å². The van der Waals surface area contributed by atoms with E-state index in [1.165, 1.54) is 0 Å². The molecule has 0 fully saturated rings. The van der Waals surface area contributed by atoms with E-state index in [-0.39, 0.29) is 5.91 Å². The summed E-state index contributed by atoms with van der Waals surface area (Å²) in [6.07, 6.45) is 1.64. The van der Waals surface area contributed by atoms with Gasteiger partial charge in [0.1, 0.15) is 11.3 Å². The number of para-hydroxylation sites is 1. The van der Waals surface area contributed by atoms with Gasteiger partial charge in [-0.3, -0.25) is 4.79 Å². The Labute approximate surface area is 138 Å². The highest BCUT2D eigenvalue weighted by molar-refractivity contribution is 6.05. The van der Waals surface area contributed by atoms with Gasteiger partial charge in [-0.1, -0.05) is 18.2 Å². The second kappa shape index (κ2) is 5.74. The summed E-state index contributed by atoms with van der Waals surface area (Å²) in [6, 6.07) is 18.8. The Morgan fingerprint density at radius 1 is 1.00 bits per heavy atom. The lowest BCUT2D eigenvalue weighted by molar-refractivity contribution is 0.0998. The number of hydrogen-bond donors (Lipinski definition) is 1. The average Bonchev–Trinajstić information content (AvgIpc) is 3.26. The molecular weight excluding hydrogens is 302 g/mol. The minimum atomic E-state index is -0.264. The monoisotopic (exact) mass is 317 g/mol. The maximum atomic E-state index is 12.4. The van der Waals surface area contributed by atoms with Gasteiger partial charge in [-0.05, 0) is 55.0 Å². The van der Waals surface area contributed by atoms with Crippen molar-refractivity contribution in [1.29, 1.82) is 0 Å². The molecule has 0 saturated carbocycles. The van der Waals surface area contributed by atoms with E-state index in [2.05, 4.69) is 5.32 Å². The molecule has 0 aliphatic rings. The third-order valence-corrected chi connectivity index (χ3v) is 3.93. The molecule has 1 amide bonds. The molecule has 0 aliphatic carbocycles. The van der Waals surface area contributed by atoms with E-state index in [4.69, 9.17) is 8.83 Å². The van der Waals surface area contributed by atoms with Crippen molar-refractivity contribution in [3.05, 3.63) is 78.3 Å². The number of carbonyl (C=O) groups excluding carboxylic acids is 1. The van der Waals surface area contributed by atoms with E-state index in [0.717, 1.165) is 28.0 Å².